The second kappa shape index (κ2) is 7.19. The van der Waals surface area contributed by atoms with Crippen LogP contribution in [0.4, 0.5) is 0 Å². The Morgan fingerprint density at radius 1 is 1.15 bits per heavy atom. The van der Waals surface area contributed by atoms with Gasteiger partial charge in [-0.25, -0.2) is 5.43 Å². The highest BCUT2D eigenvalue weighted by Gasteiger charge is 2.26. The van der Waals surface area contributed by atoms with Crippen LogP contribution in [0, 0.1) is 0 Å². The Bertz CT molecular complexity index is 764. The third-order valence-corrected chi connectivity index (χ3v) is 4.41. The molecule has 1 heterocycles. The highest BCUT2D eigenvalue weighted by atomic mass is 35.5. The Morgan fingerprint density at radius 2 is 1.69 bits per heavy atom. The quantitative estimate of drug-likeness (QED) is 0.470. The molecule has 1 atom stereocenters. The van der Waals surface area contributed by atoms with Crippen molar-refractivity contribution in [3.05, 3.63) is 28.8 Å². The van der Waals surface area contributed by atoms with Crippen LogP contribution >= 0.6 is 11.6 Å². The van der Waals surface area contributed by atoms with Crippen molar-refractivity contribution < 1.29 is 9.90 Å². The summed E-state index contributed by atoms with van der Waals surface area (Å²) >= 11 is 5.96. The largest absolute Gasteiger partial charge is 0.507 e. The zero-order chi connectivity index (χ0) is 19.7. The number of carbonyl (C=O) groups excluding carboxylic acids is 1. The molecule has 1 aromatic carbocycles. The van der Waals surface area contributed by atoms with Crippen LogP contribution in [0.5, 0.6) is 5.75 Å². The molecule has 1 aromatic rings. The van der Waals surface area contributed by atoms with Crippen molar-refractivity contribution in [3.63, 3.8) is 0 Å². The molecule has 140 valence electrons. The molecule has 2 rings (SSSR count). The number of alkyl halides is 1. The van der Waals surface area contributed by atoms with Crippen molar-refractivity contribution in [2.45, 2.75) is 57.7 Å². The number of amides is 1. The Balaban J connectivity index is 2.45. The smallest absolute Gasteiger partial charge is 0.264 e. The number of aromatic hydroxyl groups is 1. The molecule has 0 fully saturated rings. The van der Waals surface area contributed by atoms with E-state index in [-0.39, 0.29) is 16.5 Å². The minimum absolute atomic E-state index is 0.227. The van der Waals surface area contributed by atoms with Gasteiger partial charge < -0.3 is 5.11 Å². The number of carbonyl (C=O) groups is 1. The molecule has 1 aliphatic rings. The second-order valence-electron chi connectivity index (χ2n) is 8.33. The fourth-order valence-corrected chi connectivity index (χ4v) is 2.68. The Hall–Kier alpha value is -2.21. The minimum atomic E-state index is -0.917. The van der Waals surface area contributed by atoms with Crippen LogP contribution in [-0.4, -0.2) is 34.5 Å². The molecule has 7 heteroatoms. The predicted molar refractivity (Wildman–Crippen MR) is 107 cm³/mol. The van der Waals surface area contributed by atoms with Crippen LogP contribution in [0.2, 0.25) is 0 Å². The normalized spacial score (nSPS) is 20.0. The SMILES string of the molecule is CC(C)(C)c1cc(/C=N\N=C2\C=NNC(=O)C2Cl)cc(C(C)(C)C)c1O. The van der Waals surface area contributed by atoms with Crippen molar-refractivity contribution in [3.8, 4) is 5.75 Å². The number of hydrogen-bond donors (Lipinski definition) is 2. The third-order valence-electron chi connectivity index (χ3n) is 3.99. The molecule has 0 radical (unpaired) electrons. The molecule has 1 aliphatic heterocycles. The first-order chi connectivity index (χ1) is 11.9. The van der Waals surface area contributed by atoms with E-state index >= 15 is 0 Å². The Kier molecular flexibility index (Phi) is 5.56. The van der Waals surface area contributed by atoms with E-state index in [1.807, 2.05) is 53.7 Å². The van der Waals surface area contributed by atoms with E-state index in [9.17, 15) is 9.90 Å². The number of nitrogens with one attached hydrogen (secondary N) is 1. The number of hydrazone groups is 1. The van der Waals surface area contributed by atoms with Gasteiger partial charge in [-0.1, -0.05) is 41.5 Å². The van der Waals surface area contributed by atoms with Gasteiger partial charge in [0, 0.05) is 11.1 Å². The molecule has 1 unspecified atom stereocenters. The van der Waals surface area contributed by atoms with E-state index in [1.165, 1.54) is 6.21 Å². The zero-order valence-corrected chi connectivity index (χ0v) is 16.7. The molecule has 1 amide bonds. The van der Waals surface area contributed by atoms with Gasteiger partial charge in [-0.2, -0.15) is 15.3 Å². The van der Waals surface area contributed by atoms with Gasteiger partial charge in [-0.3, -0.25) is 4.79 Å². The number of phenolic OH excluding ortho intramolecular Hbond substituents is 1. The Labute approximate surface area is 159 Å². The lowest BCUT2D eigenvalue weighted by atomic mass is 9.78. The average Bonchev–Trinajstić information content (AvgIpc) is 2.50. The predicted octanol–water partition coefficient (Wildman–Crippen LogP) is 3.49. The van der Waals surface area contributed by atoms with Crippen LogP contribution in [0.1, 0.15) is 58.2 Å². The first-order valence-corrected chi connectivity index (χ1v) is 8.81. The first-order valence-electron chi connectivity index (χ1n) is 8.37. The van der Waals surface area contributed by atoms with Gasteiger partial charge in [0.1, 0.15) is 11.5 Å². The van der Waals surface area contributed by atoms with Gasteiger partial charge in [-0.15, -0.1) is 11.6 Å². The summed E-state index contributed by atoms with van der Waals surface area (Å²) in [4.78, 5) is 11.5. The summed E-state index contributed by atoms with van der Waals surface area (Å²) in [7, 11) is 0. The fraction of sp³-hybridized carbons (Fsp3) is 0.474. The van der Waals surface area contributed by atoms with Crippen LogP contribution in [0.3, 0.4) is 0 Å². The molecule has 2 N–H and O–H groups in total. The van der Waals surface area contributed by atoms with Crippen molar-refractivity contribution >= 4 is 35.6 Å². The van der Waals surface area contributed by atoms with Crippen molar-refractivity contribution in [2.24, 2.45) is 15.3 Å². The maximum atomic E-state index is 11.5. The number of hydrogen-bond acceptors (Lipinski definition) is 5. The maximum absolute atomic E-state index is 11.5. The molecule has 6 nitrogen and oxygen atoms in total. The first kappa shape index (κ1) is 20.1. The standard InChI is InChI=1S/C19H25ClN4O2/c1-18(2,3)12-7-11(8-13(16(12)25)19(4,5)6)9-21-23-14-10-22-24-17(26)15(14)20/h7-10,15,25H,1-6H3,(H,24,26)/b21-9-,23-14-. The van der Waals surface area contributed by atoms with Crippen LogP contribution in [-0.2, 0) is 15.6 Å². The van der Waals surface area contributed by atoms with E-state index in [4.69, 9.17) is 11.6 Å². The number of nitrogens with zero attached hydrogens (tertiary/aromatic N) is 3. The lowest BCUT2D eigenvalue weighted by Gasteiger charge is -2.27. The van der Waals surface area contributed by atoms with Crippen molar-refractivity contribution in [1.82, 2.24) is 5.43 Å². The fourth-order valence-electron chi connectivity index (χ4n) is 2.53. The highest BCUT2D eigenvalue weighted by molar-refractivity contribution is 6.54. The molecule has 0 bridgehead atoms. The molecule has 0 saturated carbocycles. The van der Waals surface area contributed by atoms with E-state index in [0.29, 0.717) is 5.75 Å². The summed E-state index contributed by atoms with van der Waals surface area (Å²) in [6, 6.07) is 3.79. The molecule has 0 saturated heterocycles. The van der Waals surface area contributed by atoms with Gasteiger partial charge in [0.2, 0.25) is 0 Å². The second-order valence-corrected chi connectivity index (χ2v) is 8.77. The summed E-state index contributed by atoms with van der Waals surface area (Å²) in [5.74, 6) is -0.122. The van der Waals surface area contributed by atoms with Gasteiger partial charge in [0.15, 0.2) is 5.38 Å². The van der Waals surface area contributed by atoms with E-state index < -0.39 is 11.3 Å². The zero-order valence-electron chi connectivity index (χ0n) is 16.0. The van der Waals surface area contributed by atoms with Crippen LogP contribution in [0.15, 0.2) is 27.4 Å². The summed E-state index contributed by atoms with van der Waals surface area (Å²) in [6.07, 6.45) is 2.95. The molecule has 0 spiro atoms. The molecular formula is C19H25ClN4O2. The Morgan fingerprint density at radius 3 is 2.19 bits per heavy atom. The van der Waals surface area contributed by atoms with E-state index in [0.717, 1.165) is 16.7 Å². The van der Waals surface area contributed by atoms with Gasteiger partial charge in [-0.05, 0) is 28.5 Å². The third kappa shape index (κ3) is 4.49. The molecular weight excluding hydrogens is 352 g/mol. The number of halogens is 1. The lowest BCUT2D eigenvalue weighted by molar-refractivity contribution is -0.119. The van der Waals surface area contributed by atoms with Crippen molar-refractivity contribution in [2.75, 3.05) is 0 Å². The monoisotopic (exact) mass is 376 g/mol. The average molecular weight is 377 g/mol. The summed E-state index contributed by atoms with van der Waals surface area (Å²) in [5, 5.41) is 21.5. The van der Waals surface area contributed by atoms with Crippen LogP contribution in [0.25, 0.3) is 0 Å². The summed E-state index contributed by atoms with van der Waals surface area (Å²) in [6.45, 7) is 12.3. The molecule has 0 aromatic heterocycles. The topological polar surface area (TPSA) is 86.4 Å². The van der Waals surface area contributed by atoms with Gasteiger partial charge in [0.25, 0.3) is 5.91 Å². The number of benzene rings is 1. The maximum Gasteiger partial charge on any atom is 0.264 e. The van der Waals surface area contributed by atoms with Crippen molar-refractivity contribution in [1.29, 1.82) is 0 Å². The summed E-state index contributed by atoms with van der Waals surface area (Å²) in [5.41, 5.74) is 4.58. The molecule has 26 heavy (non-hydrogen) atoms. The summed E-state index contributed by atoms with van der Waals surface area (Å²) < 4.78 is 0. The van der Waals surface area contributed by atoms with Gasteiger partial charge >= 0.3 is 0 Å². The van der Waals surface area contributed by atoms with Crippen LogP contribution < -0.4 is 5.43 Å². The van der Waals surface area contributed by atoms with Gasteiger partial charge in [0.05, 0.1) is 12.4 Å². The van der Waals surface area contributed by atoms with E-state index in [1.54, 1.807) is 6.21 Å². The van der Waals surface area contributed by atoms with E-state index in [2.05, 4.69) is 20.7 Å². The number of rotatable bonds is 2. The highest BCUT2D eigenvalue weighted by Crippen LogP contribution is 2.39. The minimum Gasteiger partial charge on any atom is -0.507 e. The molecule has 0 aliphatic carbocycles. The number of phenols is 1. The lowest BCUT2D eigenvalue weighted by Crippen LogP contribution is -2.38.